The van der Waals surface area contributed by atoms with Crippen LogP contribution in [-0.2, 0) is 19.1 Å². The summed E-state index contributed by atoms with van der Waals surface area (Å²) in [6.45, 7) is 2.56. The van der Waals surface area contributed by atoms with Crippen LogP contribution in [0.1, 0.15) is 39.9 Å². The Bertz CT molecular complexity index is 1190. The van der Waals surface area contributed by atoms with Gasteiger partial charge < -0.3 is 14.4 Å². The lowest BCUT2D eigenvalue weighted by atomic mass is 9.99. The van der Waals surface area contributed by atoms with Gasteiger partial charge in [0.15, 0.2) is 0 Å². The topological polar surface area (TPSA) is 42.0 Å². The molecule has 0 bridgehead atoms. The fourth-order valence-electron chi connectivity index (χ4n) is 5.04. The van der Waals surface area contributed by atoms with E-state index in [-0.39, 0.29) is 17.5 Å². The largest absolute Gasteiger partial charge is 0.496 e. The highest BCUT2D eigenvalue weighted by Crippen LogP contribution is 2.32. The van der Waals surface area contributed by atoms with Crippen molar-refractivity contribution in [2.24, 2.45) is 0 Å². The lowest BCUT2D eigenvalue weighted by Gasteiger charge is -2.39. The quantitative estimate of drug-likeness (QED) is 0.339. The molecule has 3 aromatic carbocycles. The van der Waals surface area contributed by atoms with E-state index in [1.54, 1.807) is 19.1 Å². The van der Waals surface area contributed by atoms with E-state index in [0.717, 1.165) is 60.7 Å². The van der Waals surface area contributed by atoms with Crippen LogP contribution in [0, 0.1) is 0 Å². The molecule has 5 nitrogen and oxygen atoms in total. The van der Waals surface area contributed by atoms with E-state index in [9.17, 15) is 18.0 Å². The third-order valence-electron chi connectivity index (χ3n) is 7.09. The minimum Gasteiger partial charge on any atom is -0.496 e. The van der Waals surface area contributed by atoms with E-state index in [1.165, 1.54) is 12.1 Å². The summed E-state index contributed by atoms with van der Waals surface area (Å²) in [5.74, 6) is 1.16. The Morgan fingerprint density at radius 3 is 2.16 bits per heavy atom. The zero-order valence-electron chi connectivity index (χ0n) is 21.7. The summed E-state index contributed by atoms with van der Waals surface area (Å²) in [6.07, 6.45) is -2.44. The molecule has 1 aliphatic rings. The number of benzene rings is 3. The molecule has 0 aliphatic carbocycles. The number of amides is 1. The molecule has 1 fully saturated rings. The number of likely N-dealkylation sites (tertiary alicyclic amines) is 1. The normalized spacial score (nSPS) is 14.8. The van der Waals surface area contributed by atoms with Crippen LogP contribution in [0.4, 0.5) is 13.2 Å². The van der Waals surface area contributed by atoms with Crippen molar-refractivity contribution in [1.82, 2.24) is 9.80 Å². The maximum absolute atomic E-state index is 13.6. The molecular weight excluding hydrogens is 493 g/mol. The second-order valence-electron chi connectivity index (χ2n) is 9.46. The first-order valence-corrected chi connectivity index (χ1v) is 12.7. The first-order valence-electron chi connectivity index (χ1n) is 12.7. The van der Waals surface area contributed by atoms with E-state index >= 15 is 0 Å². The monoisotopic (exact) mass is 526 g/mol. The Kier molecular flexibility index (Phi) is 8.94. The fraction of sp³-hybridized carbons (Fsp3) is 0.367. The molecule has 0 spiro atoms. The molecule has 4 rings (SSSR count). The minimum absolute atomic E-state index is 0.0640. The van der Waals surface area contributed by atoms with Gasteiger partial charge in [-0.3, -0.25) is 9.69 Å². The Morgan fingerprint density at radius 1 is 0.921 bits per heavy atom. The highest BCUT2D eigenvalue weighted by Gasteiger charge is 2.33. The molecule has 0 unspecified atom stereocenters. The Morgan fingerprint density at radius 2 is 1.55 bits per heavy atom. The molecule has 1 aliphatic heterocycles. The number of rotatable bonds is 9. The average molecular weight is 527 g/mol. The van der Waals surface area contributed by atoms with E-state index in [2.05, 4.69) is 4.90 Å². The Balaban J connectivity index is 1.50. The number of nitrogens with zero attached hydrogens (tertiary/aromatic N) is 2. The summed E-state index contributed by atoms with van der Waals surface area (Å²) in [5, 5.41) is 0. The number of hydrogen-bond donors (Lipinski definition) is 0. The van der Waals surface area contributed by atoms with Gasteiger partial charge in [0.05, 0.1) is 25.3 Å². The molecule has 38 heavy (non-hydrogen) atoms. The molecule has 0 radical (unpaired) electrons. The van der Waals surface area contributed by atoms with Gasteiger partial charge in [0.2, 0.25) is 0 Å². The number of hydrogen-bond acceptors (Lipinski definition) is 4. The molecule has 0 aromatic heterocycles. The number of piperidine rings is 1. The fourth-order valence-corrected chi connectivity index (χ4v) is 5.04. The SMILES string of the molecule is COc1cccc(OC)c1CN1CCC(N(CCc2ccccc2)C(=O)c2cccc(C(F)(F)F)c2)CC1. The van der Waals surface area contributed by atoms with Gasteiger partial charge in [-0.05, 0) is 55.2 Å². The lowest BCUT2D eigenvalue weighted by molar-refractivity contribution is -0.137. The maximum Gasteiger partial charge on any atom is 0.416 e. The summed E-state index contributed by atoms with van der Waals surface area (Å²) in [4.78, 5) is 17.7. The maximum atomic E-state index is 13.6. The molecule has 0 saturated carbocycles. The van der Waals surface area contributed by atoms with Crippen LogP contribution in [-0.4, -0.2) is 55.6 Å². The zero-order chi connectivity index (χ0) is 27.1. The van der Waals surface area contributed by atoms with Crippen LogP contribution in [0.5, 0.6) is 11.5 Å². The van der Waals surface area contributed by atoms with Crippen molar-refractivity contribution >= 4 is 5.91 Å². The van der Waals surface area contributed by atoms with Crippen LogP contribution >= 0.6 is 0 Å². The van der Waals surface area contributed by atoms with Gasteiger partial charge in [0.25, 0.3) is 5.91 Å². The summed E-state index contributed by atoms with van der Waals surface area (Å²) in [6, 6.07) is 20.2. The van der Waals surface area contributed by atoms with Crippen molar-refractivity contribution < 1.29 is 27.4 Å². The summed E-state index contributed by atoms with van der Waals surface area (Å²) < 4.78 is 51.1. The van der Waals surface area contributed by atoms with Crippen molar-refractivity contribution in [3.05, 3.63) is 95.1 Å². The van der Waals surface area contributed by atoms with Crippen LogP contribution in [0.2, 0.25) is 0 Å². The van der Waals surface area contributed by atoms with E-state index < -0.39 is 11.7 Å². The minimum atomic E-state index is -4.50. The van der Waals surface area contributed by atoms with Crippen molar-refractivity contribution in [2.45, 2.75) is 38.0 Å². The number of alkyl halides is 3. The first-order chi connectivity index (χ1) is 18.3. The van der Waals surface area contributed by atoms with Crippen molar-refractivity contribution in [2.75, 3.05) is 33.9 Å². The van der Waals surface area contributed by atoms with Gasteiger partial charge in [-0.1, -0.05) is 42.5 Å². The van der Waals surface area contributed by atoms with Gasteiger partial charge in [0, 0.05) is 37.8 Å². The Hall–Kier alpha value is -3.52. The van der Waals surface area contributed by atoms with Crippen LogP contribution in [0.25, 0.3) is 0 Å². The first kappa shape index (κ1) is 27.5. The number of ether oxygens (including phenoxy) is 2. The van der Waals surface area contributed by atoms with Gasteiger partial charge in [-0.15, -0.1) is 0 Å². The summed E-state index contributed by atoms with van der Waals surface area (Å²) >= 11 is 0. The van der Waals surface area contributed by atoms with Gasteiger partial charge in [-0.2, -0.15) is 13.2 Å². The average Bonchev–Trinajstić information content (AvgIpc) is 2.94. The standard InChI is InChI=1S/C30H33F3N2O3/c1-37-27-12-7-13-28(38-2)26(27)21-34-17-15-25(16-18-34)35(19-14-22-8-4-3-5-9-22)29(36)23-10-6-11-24(20-23)30(31,32)33/h3-13,20,25H,14-19,21H2,1-2H3. The lowest BCUT2D eigenvalue weighted by Crippen LogP contribution is -2.48. The Labute approximate surface area is 221 Å². The van der Waals surface area contributed by atoms with Crippen molar-refractivity contribution in [1.29, 1.82) is 0 Å². The summed E-state index contributed by atoms with van der Waals surface area (Å²) in [5.41, 5.74) is 1.30. The van der Waals surface area contributed by atoms with Crippen molar-refractivity contribution in [3.8, 4) is 11.5 Å². The molecule has 202 valence electrons. The smallest absolute Gasteiger partial charge is 0.416 e. The molecule has 3 aromatic rings. The van der Waals surface area contributed by atoms with Crippen molar-refractivity contribution in [3.63, 3.8) is 0 Å². The van der Waals surface area contributed by atoms with E-state index in [1.807, 2.05) is 48.5 Å². The number of halogens is 3. The zero-order valence-corrected chi connectivity index (χ0v) is 21.7. The predicted molar refractivity (Wildman–Crippen MR) is 140 cm³/mol. The number of carbonyl (C=O) groups excluding carboxylic acids is 1. The molecule has 1 saturated heterocycles. The third-order valence-corrected chi connectivity index (χ3v) is 7.09. The third kappa shape index (κ3) is 6.67. The van der Waals surface area contributed by atoms with Crippen LogP contribution in [0.3, 0.4) is 0 Å². The van der Waals surface area contributed by atoms with E-state index in [0.29, 0.717) is 19.5 Å². The molecule has 1 heterocycles. The van der Waals surface area contributed by atoms with Crippen LogP contribution in [0.15, 0.2) is 72.8 Å². The predicted octanol–water partition coefficient (Wildman–Crippen LogP) is 6.07. The molecular formula is C30H33F3N2O3. The number of carbonyl (C=O) groups is 1. The number of methoxy groups -OCH3 is 2. The molecule has 1 amide bonds. The second-order valence-corrected chi connectivity index (χ2v) is 9.46. The highest BCUT2D eigenvalue weighted by molar-refractivity contribution is 5.94. The molecule has 8 heteroatoms. The van der Waals surface area contributed by atoms with Gasteiger partial charge in [-0.25, -0.2) is 0 Å². The van der Waals surface area contributed by atoms with Crippen LogP contribution < -0.4 is 9.47 Å². The van der Waals surface area contributed by atoms with Gasteiger partial charge in [0.1, 0.15) is 11.5 Å². The molecule has 0 atom stereocenters. The second kappa shape index (κ2) is 12.3. The highest BCUT2D eigenvalue weighted by atomic mass is 19.4. The van der Waals surface area contributed by atoms with E-state index in [4.69, 9.17) is 9.47 Å². The summed E-state index contributed by atoms with van der Waals surface area (Å²) in [7, 11) is 3.27. The van der Waals surface area contributed by atoms with Gasteiger partial charge >= 0.3 is 6.18 Å². The molecule has 0 N–H and O–H groups in total.